The van der Waals surface area contributed by atoms with Gasteiger partial charge in [0.05, 0.1) is 12.7 Å². The van der Waals surface area contributed by atoms with Crippen LogP contribution >= 0.6 is 23.2 Å². The Labute approximate surface area is 237 Å². The van der Waals surface area contributed by atoms with E-state index in [0.29, 0.717) is 41.2 Å². The summed E-state index contributed by atoms with van der Waals surface area (Å²) in [6.45, 7) is 11.2. The molecule has 3 rings (SSSR count). The van der Waals surface area contributed by atoms with Gasteiger partial charge in [-0.1, -0.05) is 54.8 Å². The molecular weight excluding hydrogens is 550 g/mol. The van der Waals surface area contributed by atoms with Crippen LogP contribution in [0.2, 0.25) is 10.0 Å². The van der Waals surface area contributed by atoms with Gasteiger partial charge in [0.1, 0.15) is 0 Å². The van der Waals surface area contributed by atoms with Crippen LogP contribution in [0.25, 0.3) is 0 Å². The predicted octanol–water partition coefficient (Wildman–Crippen LogP) is 6.94. The van der Waals surface area contributed by atoms with Gasteiger partial charge in [0, 0.05) is 33.8 Å². The van der Waals surface area contributed by atoms with Crippen molar-refractivity contribution in [2.75, 3.05) is 19.8 Å². The standard InChI is InChI=1S/C29H34Cl2F3N3O2/c1-5-6-9-35-16-37(15-17(2)3)28(39)23-8-7-19(10-18(23)4)25-14-24(20-11-21(30)13-22(31)12-20)26(36-25)27(38)29(32,33)34/h7-8,10-13,24,26-27,35,38H,2,5-6,9,14-16H2,1,3-4H3. The molecule has 212 valence electrons. The van der Waals surface area contributed by atoms with Gasteiger partial charge in [0.15, 0.2) is 6.10 Å². The lowest BCUT2D eigenvalue weighted by molar-refractivity contribution is -0.210. The summed E-state index contributed by atoms with van der Waals surface area (Å²) in [4.78, 5) is 19.4. The van der Waals surface area contributed by atoms with Crippen molar-refractivity contribution in [3.05, 3.63) is 80.8 Å². The number of aliphatic hydroxyl groups is 1. The fourth-order valence-electron chi connectivity index (χ4n) is 4.73. The Morgan fingerprint density at radius 3 is 2.46 bits per heavy atom. The minimum Gasteiger partial charge on any atom is -0.382 e. The Bertz CT molecular complexity index is 1210. The molecule has 0 saturated heterocycles. The van der Waals surface area contributed by atoms with Crippen LogP contribution in [0.4, 0.5) is 13.2 Å². The van der Waals surface area contributed by atoms with Gasteiger partial charge in [-0.05, 0) is 80.3 Å². The zero-order valence-corrected chi connectivity index (χ0v) is 23.8. The van der Waals surface area contributed by atoms with E-state index in [4.69, 9.17) is 23.2 Å². The number of hydrogen-bond acceptors (Lipinski definition) is 4. The van der Waals surface area contributed by atoms with Crippen molar-refractivity contribution in [3.63, 3.8) is 0 Å². The van der Waals surface area contributed by atoms with Crippen LogP contribution in [0.3, 0.4) is 0 Å². The van der Waals surface area contributed by atoms with Crippen molar-refractivity contribution in [2.45, 2.75) is 64.3 Å². The first kappa shape index (κ1) is 31.1. The van der Waals surface area contributed by atoms with Gasteiger partial charge in [-0.25, -0.2) is 0 Å². The van der Waals surface area contributed by atoms with E-state index in [-0.39, 0.29) is 22.4 Å². The lowest BCUT2D eigenvalue weighted by Gasteiger charge is -2.25. The number of alkyl halides is 3. The number of carbonyl (C=O) groups is 1. The molecule has 5 nitrogen and oxygen atoms in total. The Balaban J connectivity index is 1.90. The molecule has 0 bridgehead atoms. The summed E-state index contributed by atoms with van der Waals surface area (Å²) in [5, 5.41) is 14.0. The SMILES string of the molecule is C=C(C)CN(CNCCCC)C(=O)c1ccc(C2=NC(C(O)C(F)(F)F)C(c3cc(Cl)cc(Cl)c3)C2)cc1C. The highest BCUT2D eigenvalue weighted by molar-refractivity contribution is 6.34. The second kappa shape index (κ2) is 13.3. The second-order valence-electron chi connectivity index (χ2n) is 10.1. The maximum atomic E-state index is 13.6. The number of aryl methyl sites for hydroxylation is 1. The molecule has 3 unspecified atom stereocenters. The number of nitrogens with zero attached hydrogens (tertiary/aromatic N) is 2. The summed E-state index contributed by atoms with van der Waals surface area (Å²) in [5.74, 6) is -0.953. The molecule has 0 aliphatic carbocycles. The normalized spacial score (nSPS) is 18.1. The van der Waals surface area contributed by atoms with E-state index in [9.17, 15) is 23.1 Å². The number of hydrogen-bond donors (Lipinski definition) is 2. The fourth-order valence-corrected chi connectivity index (χ4v) is 5.27. The first-order chi connectivity index (χ1) is 18.3. The van der Waals surface area contributed by atoms with Crippen LogP contribution in [0, 0.1) is 6.92 Å². The number of amides is 1. The molecule has 1 aliphatic rings. The number of benzene rings is 2. The third kappa shape index (κ3) is 8.07. The van der Waals surface area contributed by atoms with E-state index < -0.39 is 24.2 Å². The van der Waals surface area contributed by atoms with Crippen molar-refractivity contribution < 1.29 is 23.1 Å². The van der Waals surface area contributed by atoms with E-state index in [1.807, 2.05) is 6.92 Å². The molecule has 2 N–H and O–H groups in total. The molecule has 0 radical (unpaired) electrons. The van der Waals surface area contributed by atoms with Crippen molar-refractivity contribution >= 4 is 34.8 Å². The van der Waals surface area contributed by atoms with Gasteiger partial charge in [-0.3, -0.25) is 15.1 Å². The monoisotopic (exact) mass is 583 g/mol. The summed E-state index contributed by atoms with van der Waals surface area (Å²) in [6.07, 6.45) is -5.33. The lowest BCUT2D eigenvalue weighted by Crippen LogP contribution is -2.40. The Hall–Kier alpha value is -2.39. The average molecular weight is 585 g/mol. The number of nitrogens with one attached hydrogen (secondary N) is 1. The molecule has 0 aromatic heterocycles. The number of aliphatic hydroxyl groups excluding tert-OH is 1. The number of halogens is 5. The molecule has 39 heavy (non-hydrogen) atoms. The highest BCUT2D eigenvalue weighted by atomic mass is 35.5. The van der Waals surface area contributed by atoms with E-state index in [1.165, 1.54) is 6.07 Å². The van der Waals surface area contributed by atoms with Gasteiger partial charge >= 0.3 is 6.18 Å². The van der Waals surface area contributed by atoms with E-state index in [1.54, 1.807) is 42.2 Å². The Kier molecular flexibility index (Phi) is 10.6. The number of unbranched alkanes of at least 4 members (excludes halogenated alkanes) is 1. The fraction of sp³-hybridized carbons (Fsp3) is 0.448. The molecule has 0 fully saturated rings. The van der Waals surface area contributed by atoms with Gasteiger partial charge in [0.2, 0.25) is 0 Å². The number of carbonyl (C=O) groups excluding carboxylic acids is 1. The molecule has 0 saturated carbocycles. The Morgan fingerprint density at radius 2 is 1.90 bits per heavy atom. The third-order valence-corrected chi connectivity index (χ3v) is 7.09. The van der Waals surface area contributed by atoms with Crippen LogP contribution in [0.1, 0.15) is 66.1 Å². The molecule has 0 spiro atoms. The zero-order chi connectivity index (χ0) is 28.9. The van der Waals surface area contributed by atoms with Gasteiger partial charge in [0.25, 0.3) is 5.91 Å². The first-order valence-corrected chi connectivity index (χ1v) is 13.6. The molecule has 1 heterocycles. The maximum absolute atomic E-state index is 13.6. The quantitative estimate of drug-likeness (QED) is 0.171. The summed E-state index contributed by atoms with van der Waals surface area (Å²) >= 11 is 12.2. The van der Waals surface area contributed by atoms with E-state index in [0.717, 1.165) is 25.0 Å². The van der Waals surface area contributed by atoms with Crippen molar-refractivity contribution in [1.29, 1.82) is 0 Å². The smallest absolute Gasteiger partial charge is 0.382 e. The molecular formula is C29H34Cl2F3N3O2. The average Bonchev–Trinajstić information content (AvgIpc) is 3.29. The maximum Gasteiger partial charge on any atom is 0.416 e. The van der Waals surface area contributed by atoms with Crippen LogP contribution < -0.4 is 5.32 Å². The van der Waals surface area contributed by atoms with E-state index in [2.05, 4.69) is 23.8 Å². The minimum absolute atomic E-state index is 0.143. The molecule has 10 heteroatoms. The summed E-state index contributed by atoms with van der Waals surface area (Å²) in [6, 6.07) is 8.23. The highest BCUT2D eigenvalue weighted by Gasteiger charge is 2.49. The minimum atomic E-state index is -4.85. The van der Waals surface area contributed by atoms with Crippen molar-refractivity contribution in [1.82, 2.24) is 10.2 Å². The predicted molar refractivity (Wildman–Crippen MR) is 151 cm³/mol. The van der Waals surface area contributed by atoms with Gasteiger partial charge in [-0.15, -0.1) is 0 Å². The van der Waals surface area contributed by atoms with E-state index >= 15 is 0 Å². The van der Waals surface area contributed by atoms with Crippen molar-refractivity contribution in [3.8, 4) is 0 Å². The summed E-state index contributed by atoms with van der Waals surface area (Å²) < 4.78 is 40.7. The van der Waals surface area contributed by atoms with Crippen LogP contribution in [0.5, 0.6) is 0 Å². The van der Waals surface area contributed by atoms with Crippen LogP contribution in [-0.4, -0.2) is 59.7 Å². The van der Waals surface area contributed by atoms with Gasteiger partial charge < -0.3 is 10.0 Å². The third-order valence-electron chi connectivity index (χ3n) is 6.65. The molecule has 2 aromatic carbocycles. The summed E-state index contributed by atoms with van der Waals surface area (Å²) in [5.41, 5.74) is 3.47. The number of aliphatic imine (C=N–C) groups is 1. The molecule has 2 aromatic rings. The lowest BCUT2D eigenvalue weighted by atomic mass is 9.86. The summed E-state index contributed by atoms with van der Waals surface area (Å²) in [7, 11) is 0. The highest BCUT2D eigenvalue weighted by Crippen LogP contribution is 2.41. The topological polar surface area (TPSA) is 64.9 Å². The number of rotatable bonds is 11. The van der Waals surface area contributed by atoms with Crippen LogP contribution in [0.15, 0.2) is 53.5 Å². The first-order valence-electron chi connectivity index (χ1n) is 12.8. The largest absolute Gasteiger partial charge is 0.416 e. The molecule has 1 amide bonds. The zero-order valence-electron chi connectivity index (χ0n) is 22.3. The van der Waals surface area contributed by atoms with Crippen LogP contribution in [-0.2, 0) is 0 Å². The van der Waals surface area contributed by atoms with Crippen molar-refractivity contribution in [2.24, 2.45) is 4.99 Å². The molecule has 3 atom stereocenters. The van der Waals surface area contributed by atoms with Gasteiger partial charge in [-0.2, -0.15) is 13.2 Å². The second-order valence-corrected chi connectivity index (χ2v) is 10.9. The molecule has 1 aliphatic heterocycles. The Morgan fingerprint density at radius 1 is 1.23 bits per heavy atom.